The minimum atomic E-state index is 0.701. The third kappa shape index (κ3) is 3.24. The van der Waals surface area contributed by atoms with Crippen molar-refractivity contribution in [2.75, 3.05) is 0 Å². The van der Waals surface area contributed by atoms with Gasteiger partial charge in [0.25, 0.3) is 0 Å². The van der Waals surface area contributed by atoms with Crippen LogP contribution in [0.5, 0.6) is 0 Å². The topological polar surface area (TPSA) is 25.8 Å². The van der Waals surface area contributed by atoms with Gasteiger partial charge in [-0.2, -0.15) is 21.4 Å². The molecular weight excluding hydrogens is 364 g/mol. The highest BCUT2D eigenvalue weighted by molar-refractivity contribution is 7.83. The molecule has 2 heterocycles. The number of benzene rings is 1. The minimum Gasteiger partial charge on any atom is -0.172 e. The van der Waals surface area contributed by atoms with Gasteiger partial charge in [-0.1, -0.05) is 17.7 Å². The fraction of sp³-hybridized carbons (Fsp3) is 0.176. The summed E-state index contributed by atoms with van der Waals surface area (Å²) in [6, 6.07) is 4.16. The van der Waals surface area contributed by atoms with Crippen LogP contribution in [0.4, 0.5) is 0 Å². The third-order valence-corrected chi connectivity index (χ3v) is 5.84. The van der Waals surface area contributed by atoms with E-state index < -0.39 is 0 Å². The van der Waals surface area contributed by atoms with Crippen LogP contribution in [0.25, 0.3) is 27.0 Å². The summed E-state index contributed by atoms with van der Waals surface area (Å²) in [7, 11) is 0. The van der Waals surface area contributed by atoms with Crippen LogP contribution in [-0.2, 0) is 0 Å². The largest absolute Gasteiger partial charge is 0.172 e. The lowest BCUT2D eigenvalue weighted by atomic mass is 10.00. The van der Waals surface area contributed by atoms with Crippen LogP contribution in [0, 0.1) is 6.92 Å². The lowest BCUT2D eigenvalue weighted by Gasteiger charge is -2.09. The first-order valence-corrected chi connectivity index (χ1v) is 9.51. The molecule has 0 amide bonds. The predicted octanol–water partition coefficient (Wildman–Crippen LogP) is 6.62. The van der Waals surface area contributed by atoms with Crippen molar-refractivity contribution in [3.8, 4) is 10.4 Å². The van der Waals surface area contributed by atoms with Gasteiger partial charge in [0.15, 0.2) is 0 Å². The Bertz CT molecular complexity index is 935. The Labute approximate surface area is 154 Å². The fourth-order valence-corrected chi connectivity index (χ4v) is 4.40. The zero-order valence-electron chi connectivity index (χ0n) is 12.9. The molecule has 118 valence electrons. The van der Waals surface area contributed by atoms with Crippen molar-refractivity contribution in [2.45, 2.75) is 20.8 Å². The molecule has 0 saturated carbocycles. The van der Waals surface area contributed by atoms with Gasteiger partial charge in [0.2, 0.25) is 0 Å². The maximum atomic E-state index is 6.61. The van der Waals surface area contributed by atoms with Crippen LogP contribution >= 0.6 is 47.3 Å². The van der Waals surface area contributed by atoms with E-state index in [-0.39, 0.29) is 0 Å². The summed E-state index contributed by atoms with van der Waals surface area (Å²) in [4.78, 5) is 1.17. The lowest BCUT2D eigenvalue weighted by Crippen LogP contribution is -1.89. The Balaban J connectivity index is 2.26. The lowest BCUT2D eigenvalue weighted by molar-refractivity contribution is 1.50. The molecule has 0 bridgehead atoms. The van der Waals surface area contributed by atoms with Crippen LogP contribution in [-0.4, -0.2) is 8.75 Å². The van der Waals surface area contributed by atoms with Crippen LogP contribution in [0.1, 0.15) is 25.0 Å². The summed E-state index contributed by atoms with van der Waals surface area (Å²) in [6.45, 7) is 6.13. The van der Waals surface area contributed by atoms with Crippen molar-refractivity contribution in [3.05, 3.63) is 50.7 Å². The number of fused-ring (bicyclic) bond motifs is 1. The second kappa shape index (κ2) is 6.77. The summed E-state index contributed by atoms with van der Waals surface area (Å²) >= 11 is 13.7. The van der Waals surface area contributed by atoms with Crippen LogP contribution in [0.15, 0.2) is 34.6 Å². The molecule has 3 rings (SSSR count). The molecule has 3 aromatic rings. The van der Waals surface area contributed by atoms with E-state index in [2.05, 4.69) is 45.8 Å². The molecule has 6 heteroatoms. The zero-order chi connectivity index (χ0) is 16.6. The van der Waals surface area contributed by atoms with Crippen LogP contribution in [0.2, 0.25) is 5.02 Å². The van der Waals surface area contributed by atoms with E-state index in [9.17, 15) is 0 Å². The van der Waals surface area contributed by atoms with E-state index in [0.29, 0.717) is 5.02 Å². The van der Waals surface area contributed by atoms with Crippen molar-refractivity contribution < 1.29 is 0 Å². The molecule has 0 unspecified atom stereocenters. The van der Waals surface area contributed by atoms with Gasteiger partial charge in [0, 0.05) is 16.0 Å². The molecule has 0 saturated heterocycles. The Morgan fingerprint density at radius 1 is 1.22 bits per heavy atom. The number of hydrogen-bond acceptors (Lipinski definition) is 5. The molecule has 0 spiro atoms. The molecule has 23 heavy (non-hydrogen) atoms. The summed E-state index contributed by atoms with van der Waals surface area (Å²) < 4.78 is 9.01. The first-order chi connectivity index (χ1) is 11.0. The molecule has 0 aliphatic rings. The first-order valence-electron chi connectivity index (χ1n) is 7.01. The normalized spacial score (nSPS) is 13.1. The molecule has 0 aliphatic carbocycles. The Morgan fingerprint density at radius 2 is 1.96 bits per heavy atom. The highest BCUT2D eigenvalue weighted by atomic mass is 35.5. The predicted molar refractivity (Wildman–Crippen MR) is 107 cm³/mol. The number of hydrogen-bond donors (Lipinski definition) is 1. The maximum absolute atomic E-state index is 6.61. The van der Waals surface area contributed by atoms with Gasteiger partial charge in [-0.3, -0.25) is 0 Å². The number of nitrogens with zero attached hydrogens (tertiary/aromatic N) is 2. The van der Waals surface area contributed by atoms with E-state index in [1.54, 1.807) is 16.7 Å². The van der Waals surface area contributed by atoms with E-state index in [4.69, 9.17) is 11.6 Å². The molecule has 0 radical (unpaired) electrons. The molecule has 2 aromatic heterocycles. The van der Waals surface area contributed by atoms with Crippen molar-refractivity contribution in [2.24, 2.45) is 0 Å². The standard InChI is InChI=1S/C17H15ClN2S3/c1-9(7-21)4-11(3)15-13(18)6-12(14-5-10(2)8-22-14)16-17(15)20-23-19-16/h4-8,21H,1-3H3/b9-7-,11-4+. The average Bonchev–Trinajstić information content (AvgIpc) is 3.14. The van der Waals surface area contributed by atoms with Crippen LogP contribution < -0.4 is 0 Å². The van der Waals surface area contributed by atoms with Crippen molar-refractivity contribution in [3.63, 3.8) is 0 Å². The van der Waals surface area contributed by atoms with Crippen molar-refractivity contribution in [1.82, 2.24) is 8.75 Å². The van der Waals surface area contributed by atoms with Gasteiger partial charge in [0.05, 0.1) is 16.8 Å². The summed E-state index contributed by atoms with van der Waals surface area (Å²) in [6.07, 6.45) is 2.06. The Morgan fingerprint density at radius 3 is 2.61 bits per heavy atom. The molecule has 0 N–H and O–H groups in total. The monoisotopic (exact) mass is 378 g/mol. The fourth-order valence-electron chi connectivity index (χ4n) is 2.50. The maximum Gasteiger partial charge on any atom is 0.114 e. The molecule has 0 aliphatic heterocycles. The number of aryl methyl sites for hydroxylation is 1. The number of thiol groups is 1. The van der Waals surface area contributed by atoms with E-state index in [1.165, 1.54) is 22.2 Å². The smallest absolute Gasteiger partial charge is 0.114 e. The Kier molecular flexibility index (Phi) is 4.92. The first kappa shape index (κ1) is 16.7. The van der Waals surface area contributed by atoms with Gasteiger partial charge in [-0.25, -0.2) is 0 Å². The van der Waals surface area contributed by atoms with Gasteiger partial charge >= 0.3 is 0 Å². The highest BCUT2D eigenvalue weighted by Crippen LogP contribution is 2.39. The van der Waals surface area contributed by atoms with Gasteiger partial charge in [0.1, 0.15) is 11.0 Å². The third-order valence-electron chi connectivity index (χ3n) is 3.53. The van der Waals surface area contributed by atoms with E-state index in [1.807, 2.05) is 19.9 Å². The second-order valence-corrected chi connectivity index (χ2v) is 7.54. The summed E-state index contributed by atoms with van der Waals surface area (Å²) in [5.74, 6) is 0. The van der Waals surface area contributed by atoms with Gasteiger partial charge in [-0.15, -0.1) is 11.3 Å². The average molecular weight is 379 g/mol. The van der Waals surface area contributed by atoms with Crippen molar-refractivity contribution >= 4 is 63.9 Å². The molecule has 2 nitrogen and oxygen atoms in total. The number of rotatable bonds is 3. The quantitative estimate of drug-likeness (QED) is 0.409. The number of allylic oxidation sites excluding steroid dienone is 3. The van der Waals surface area contributed by atoms with Gasteiger partial charge in [-0.05, 0) is 60.4 Å². The SMILES string of the molecule is CC(=C/S)/C=C(\C)c1c(Cl)cc(-c2cc(C)cs2)c2nsnc12. The van der Waals surface area contributed by atoms with Gasteiger partial charge < -0.3 is 0 Å². The van der Waals surface area contributed by atoms with Crippen molar-refractivity contribution in [1.29, 1.82) is 0 Å². The number of halogens is 1. The van der Waals surface area contributed by atoms with E-state index >= 15 is 0 Å². The molecule has 0 atom stereocenters. The minimum absolute atomic E-state index is 0.701. The zero-order valence-corrected chi connectivity index (χ0v) is 16.2. The summed E-state index contributed by atoms with van der Waals surface area (Å²) in [5.41, 5.74) is 7.14. The summed E-state index contributed by atoms with van der Waals surface area (Å²) in [5, 5.41) is 4.61. The highest BCUT2D eigenvalue weighted by Gasteiger charge is 2.18. The number of aromatic nitrogens is 2. The molecular formula is C17H15ClN2S3. The van der Waals surface area contributed by atoms with E-state index in [0.717, 1.165) is 33.3 Å². The van der Waals surface area contributed by atoms with Crippen LogP contribution in [0.3, 0.4) is 0 Å². The molecule has 1 aromatic carbocycles. The number of thiophene rings is 1. The molecule has 0 fully saturated rings. The second-order valence-electron chi connectivity index (χ2n) is 5.43. The Hall–Kier alpha value is -1.14.